The third-order valence-electron chi connectivity index (χ3n) is 3.39. The summed E-state index contributed by atoms with van der Waals surface area (Å²) in [7, 11) is 0. The second kappa shape index (κ2) is 7.06. The lowest BCUT2D eigenvalue weighted by atomic mass is 10.3. The zero-order chi connectivity index (χ0) is 18.9. The van der Waals surface area contributed by atoms with Crippen LogP contribution in [0.5, 0.6) is 5.75 Å². The van der Waals surface area contributed by atoms with Gasteiger partial charge in [0.2, 0.25) is 0 Å². The Morgan fingerprint density at radius 3 is 2.54 bits per heavy atom. The highest BCUT2D eigenvalue weighted by atomic mass is 32.2. The summed E-state index contributed by atoms with van der Waals surface area (Å²) < 4.78 is 42.9. The van der Waals surface area contributed by atoms with E-state index in [9.17, 15) is 18.0 Å². The summed E-state index contributed by atoms with van der Waals surface area (Å²) in [5.41, 5.74) is 1.17. The standard InChI is InChI=1S/C17H16F3N3O2S/c1-10(2)26-16-22-13-7-8-21-14(13)15(24)23(16)11-3-5-12(6-4-11)25-9-17(18,19)20/h3-8,10,21H,9H2,1-2H3. The van der Waals surface area contributed by atoms with Crippen molar-refractivity contribution in [3.63, 3.8) is 0 Å². The van der Waals surface area contributed by atoms with E-state index in [4.69, 9.17) is 4.74 Å². The van der Waals surface area contributed by atoms with Gasteiger partial charge in [-0.15, -0.1) is 0 Å². The number of aromatic nitrogens is 3. The van der Waals surface area contributed by atoms with Crippen molar-refractivity contribution in [2.45, 2.75) is 30.4 Å². The molecule has 0 radical (unpaired) electrons. The largest absolute Gasteiger partial charge is 0.484 e. The Kier molecular flexibility index (Phi) is 4.99. The fourth-order valence-electron chi connectivity index (χ4n) is 2.35. The summed E-state index contributed by atoms with van der Waals surface area (Å²) in [5, 5.41) is 0.708. The molecule has 9 heteroatoms. The average molecular weight is 383 g/mol. The second-order valence-electron chi connectivity index (χ2n) is 5.84. The molecular weight excluding hydrogens is 367 g/mol. The third kappa shape index (κ3) is 4.04. The topological polar surface area (TPSA) is 59.9 Å². The lowest BCUT2D eigenvalue weighted by molar-refractivity contribution is -0.153. The van der Waals surface area contributed by atoms with Crippen molar-refractivity contribution in [3.8, 4) is 11.4 Å². The SMILES string of the molecule is CC(C)Sc1nc2cc[nH]c2c(=O)n1-c1ccc(OCC(F)(F)F)cc1. The van der Waals surface area contributed by atoms with Gasteiger partial charge in [-0.05, 0) is 30.3 Å². The zero-order valence-corrected chi connectivity index (χ0v) is 14.8. The number of benzene rings is 1. The van der Waals surface area contributed by atoms with Crippen molar-refractivity contribution in [2.75, 3.05) is 6.61 Å². The molecule has 138 valence electrons. The molecule has 26 heavy (non-hydrogen) atoms. The van der Waals surface area contributed by atoms with E-state index in [0.29, 0.717) is 21.9 Å². The fourth-order valence-corrected chi connectivity index (χ4v) is 3.22. The highest BCUT2D eigenvalue weighted by Gasteiger charge is 2.28. The fraction of sp³-hybridized carbons (Fsp3) is 0.294. The number of aromatic amines is 1. The van der Waals surface area contributed by atoms with E-state index in [0.717, 1.165) is 0 Å². The highest BCUT2D eigenvalue weighted by molar-refractivity contribution is 7.99. The lowest BCUT2D eigenvalue weighted by Crippen LogP contribution is -2.22. The Bertz CT molecular complexity index is 962. The molecule has 0 fully saturated rings. The van der Waals surface area contributed by atoms with Gasteiger partial charge >= 0.3 is 6.18 Å². The number of fused-ring (bicyclic) bond motifs is 1. The van der Waals surface area contributed by atoms with Gasteiger partial charge in [-0.2, -0.15) is 13.2 Å². The van der Waals surface area contributed by atoms with Crippen molar-refractivity contribution in [3.05, 3.63) is 46.9 Å². The summed E-state index contributed by atoms with van der Waals surface area (Å²) >= 11 is 1.43. The van der Waals surface area contributed by atoms with Crippen LogP contribution in [0.2, 0.25) is 0 Å². The van der Waals surface area contributed by atoms with Gasteiger partial charge in [0.05, 0.1) is 11.2 Å². The van der Waals surface area contributed by atoms with Crippen LogP contribution >= 0.6 is 11.8 Å². The Labute approximate surface area is 151 Å². The molecule has 3 rings (SSSR count). The second-order valence-corrected chi connectivity index (χ2v) is 7.38. The maximum atomic E-state index is 12.8. The molecule has 0 aliphatic carbocycles. The maximum Gasteiger partial charge on any atom is 0.422 e. The number of nitrogens with one attached hydrogen (secondary N) is 1. The van der Waals surface area contributed by atoms with Gasteiger partial charge in [0.25, 0.3) is 5.56 Å². The van der Waals surface area contributed by atoms with Crippen LogP contribution < -0.4 is 10.3 Å². The molecule has 0 aliphatic rings. The number of thioether (sulfide) groups is 1. The molecule has 0 spiro atoms. The van der Waals surface area contributed by atoms with Crippen molar-refractivity contribution in [1.29, 1.82) is 0 Å². The molecule has 0 bridgehead atoms. The van der Waals surface area contributed by atoms with Crippen LogP contribution in [0.15, 0.2) is 46.5 Å². The van der Waals surface area contributed by atoms with Crippen LogP contribution in [0, 0.1) is 0 Å². The molecule has 2 aromatic heterocycles. The van der Waals surface area contributed by atoms with Crippen LogP contribution in [0.4, 0.5) is 13.2 Å². The van der Waals surface area contributed by atoms with Crippen LogP contribution in [0.3, 0.4) is 0 Å². The van der Waals surface area contributed by atoms with Gasteiger partial charge in [-0.3, -0.25) is 9.36 Å². The van der Waals surface area contributed by atoms with Crippen molar-refractivity contribution < 1.29 is 17.9 Å². The van der Waals surface area contributed by atoms with E-state index in [-0.39, 0.29) is 16.6 Å². The first-order chi connectivity index (χ1) is 12.2. The average Bonchev–Trinajstić information content (AvgIpc) is 3.01. The third-order valence-corrected chi connectivity index (χ3v) is 4.34. The first-order valence-corrected chi connectivity index (χ1v) is 8.69. The van der Waals surface area contributed by atoms with Crippen LogP contribution in [0.25, 0.3) is 16.7 Å². The van der Waals surface area contributed by atoms with Crippen molar-refractivity contribution in [2.24, 2.45) is 0 Å². The molecule has 0 aliphatic heterocycles. The number of hydrogen-bond acceptors (Lipinski definition) is 4. The zero-order valence-electron chi connectivity index (χ0n) is 14.0. The number of hydrogen-bond donors (Lipinski definition) is 1. The van der Waals surface area contributed by atoms with Crippen molar-refractivity contribution in [1.82, 2.24) is 14.5 Å². The molecule has 1 aromatic carbocycles. The van der Waals surface area contributed by atoms with E-state index >= 15 is 0 Å². The minimum Gasteiger partial charge on any atom is -0.484 e. The molecule has 5 nitrogen and oxygen atoms in total. The van der Waals surface area contributed by atoms with E-state index in [1.54, 1.807) is 12.3 Å². The number of alkyl halides is 3. The first-order valence-electron chi connectivity index (χ1n) is 7.81. The van der Waals surface area contributed by atoms with Gasteiger partial charge in [0.1, 0.15) is 11.3 Å². The summed E-state index contributed by atoms with van der Waals surface area (Å²) in [5.74, 6) is 0.0751. The van der Waals surface area contributed by atoms with E-state index < -0.39 is 12.8 Å². The van der Waals surface area contributed by atoms with E-state index in [1.165, 1.54) is 40.6 Å². The Hall–Kier alpha value is -2.42. The van der Waals surface area contributed by atoms with Gasteiger partial charge in [-0.1, -0.05) is 25.6 Å². The number of H-pyrrole nitrogens is 1. The van der Waals surface area contributed by atoms with Gasteiger partial charge < -0.3 is 9.72 Å². The van der Waals surface area contributed by atoms with Crippen LogP contribution in [-0.4, -0.2) is 32.6 Å². The summed E-state index contributed by atoms with van der Waals surface area (Å²) in [6, 6.07) is 7.59. The smallest absolute Gasteiger partial charge is 0.422 e. The van der Waals surface area contributed by atoms with E-state index in [2.05, 4.69) is 9.97 Å². The predicted molar refractivity (Wildman–Crippen MR) is 94.2 cm³/mol. The van der Waals surface area contributed by atoms with Gasteiger partial charge in [0, 0.05) is 11.4 Å². The van der Waals surface area contributed by atoms with Crippen LogP contribution in [-0.2, 0) is 0 Å². The minimum absolute atomic E-state index is 0.0751. The highest BCUT2D eigenvalue weighted by Crippen LogP contribution is 2.26. The molecule has 0 saturated heterocycles. The maximum absolute atomic E-state index is 12.8. The Balaban J connectivity index is 2.01. The summed E-state index contributed by atoms with van der Waals surface area (Å²) in [6.45, 7) is 2.60. The molecular formula is C17H16F3N3O2S. The minimum atomic E-state index is -4.40. The predicted octanol–water partition coefficient (Wildman–Crippen LogP) is 4.16. The molecule has 3 aromatic rings. The number of nitrogens with zero attached hydrogens (tertiary/aromatic N) is 2. The molecule has 0 amide bonds. The van der Waals surface area contributed by atoms with Gasteiger partial charge in [-0.25, -0.2) is 4.98 Å². The molecule has 0 atom stereocenters. The normalized spacial score (nSPS) is 12.1. The summed E-state index contributed by atoms with van der Waals surface area (Å²) in [4.78, 5) is 20.2. The lowest BCUT2D eigenvalue weighted by Gasteiger charge is -2.14. The number of rotatable bonds is 5. The number of ether oxygens (including phenoxy) is 1. The van der Waals surface area contributed by atoms with E-state index in [1.807, 2.05) is 13.8 Å². The van der Waals surface area contributed by atoms with Crippen molar-refractivity contribution >= 4 is 22.8 Å². The molecule has 0 saturated carbocycles. The van der Waals surface area contributed by atoms with Crippen LogP contribution in [0.1, 0.15) is 13.8 Å². The monoisotopic (exact) mass is 383 g/mol. The summed E-state index contributed by atoms with van der Waals surface area (Å²) in [6.07, 6.45) is -2.76. The Morgan fingerprint density at radius 2 is 1.92 bits per heavy atom. The molecule has 0 unspecified atom stereocenters. The first kappa shape index (κ1) is 18.4. The number of halogens is 3. The quantitative estimate of drug-likeness (QED) is 0.531. The molecule has 2 heterocycles. The Morgan fingerprint density at radius 1 is 1.23 bits per heavy atom. The molecule has 1 N–H and O–H groups in total. The van der Waals surface area contributed by atoms with Gasteiger partial charge in [0.15, 0.2) is 11.8 Å².